The maximum absolute atomic E-state index is 12.6. The lowest BCUT2D eigenvalue weighted by Gasteiger charge is -2.13. The van der Waals surface area contributed by atoms with Crippen molar-refractivity contribution >= 4 is 29.3 Å². The first-order valence-electron chi connectivity index (χ1n) is 9.72. The Morgan fingerprint density at radius 1 is 1.00 bits per heavy atom. The highest BCUT2D eigenvalue weighted by Crippen LogP contribution is 2.41. The fraction of sp³-hybridized carbons (Fsp3) is 0.125. The van der Waals surface area contributed by atoms with Crippen molar-refractivity contribution in [2.75, 3.05) is 6.61 Å². The predicted molar refractivity (Wildman–Crippen MR) is 120 cm³/mol. The second-order valence-corrected chi connectivity index (χ2v) is 7.83. The molecule has 0 atom stereocenters. The molecule has 156 valence electrons. The number of rotatable bonds is 7. The smallest absolute Gasteiger partial charge is 0.276 e. The van der Waals surface area contributed by atoms with Gasteiger partial charge in [-0.3, -0.25) is 14.9 Å². The fourth-order valence-electron chi connectivity index (χ4n) is 3.26. The van der Waals surface area contributed by atoms with Crippen molar-refractivity contribution in [1.29, 1.82) is 0 Å². The molecular formula is C24H19NO5S. The van der Waals surface area contributed by atoms with Crippen LogP contribution < -0.4 is 9.47 Å². The van der Waals surface area contributed by atoms with Crippen LogP contribution in [-0.2, 0) is 6.61 Å². The molecule has 7 heteroatoms. The molecule has 6 nitrogen and oxygen atoms in total. The minimum atomic E-state index is -0.425. The summed E-state index contributed by atoms with van der Waals surface area (Å²) >= 11 is 1.45. The standard InChI is InChI=1S/C24H19NO5S/c1-2-29-21-13-16(14-23-24(26)18-8-4-6-10-22(18)31-23)11-12-20(21)30-15-17-7-3-5-9-19(17)25(27)28/h3-14H,2,15H2,1H3/b23-14-. The molecule has 0 aliphatic carbocycles. The number of carbonyl (C=O) groups is 1. The molecule has 3 aromatic carbocycles. The maximum atomic E-state index is 12.6. The molecule has 0 saturated heterocycles. The number of hydrogen-bond donors (Lipinski definition) is 0. The SMILES string of the molecule is CCOc1cc(/C=C2\Sc3ccccc3C2=O)ccc1OCc1ccccc1[N+](=O)[O-]. The summed E-state index contributed by atoms with van der Waals surface area (Å²) in [5, 5.41) is 11.2. The summed E-state index contributed by atoms with van der Waals surface area (Å²) < 4.78 is 11.6. The van der Waals surface area contributed by atoms with Crippen molar-refractivity contribution in [1.82, 2.24) is 0 Å². The Morgan fingerprint density at radius 2 is 1.77 bits per heavy atom. The Hall–Kier alpha value is -3.58. The van der Waals surface area contributed by atoms with Gasteiger partial charge in [0.25, 0.3) is 5.69 Å². The number of Topliss-reactive ketones (excluding diaryl/α,β-unsaturated/α-hetero) is 1. The van der Waals surface area contributed by atoms with E-state index < -0.39 is 4.92 Å². The number of thioether (sulfide) groups is 1. The summed E-state index contributed by atoms with van der Waals surface area (Å²) in [5.74, 6) is 1.01. The molecule has 0 radical (unpaired) electrons. The van der Waals surface area contributed by atoms with Gasteiger partial charge in [-0.25, -0.2) is 0 Å². The van der Waals surface area contributed by atoms with Crippen molar-refractivity contribution < 1.29 is 19.2 Å². The molecule has 0 amide bonds. The van der Waals surface area contributed by atoms with E-state index in [0.29, 0.717) is 34.1 Å². The monoisotopic (exact) mass is 433 g/mol. The largest absolute Gasteiger partial charge is 0.490 e. The van der Waals surface area contributed by atoms with E-state index in [1.807, 2.05) is 49.4 Å². The third-order valence-electron chi connectivity index (χ3n) is 4.71. The van der Waals surface area contributed by atoms with Crippen LogP contribution in [0.25, 0.3) is 6.08 Å². The molecule has 1 aliphatic heterocycles. The minimum absolute atomic E-state index is 0.00951. The second kappa shape index (κ2) is 9.06. The number of ether oxygens (including phenoxy) is 2. The van der Waals surface area contributed by atoms with Gasteiger partial charge in [0, 0.05) is 16.5 Å². The van der Waals surface area contributed by atoms with Gasteiger partial charge in [-0.1, -0.05) is 42.1 Å². The number of hydrogen-bond acceptors (Lipinski definition) is 6. The number of para-hydroxylation sites is 1. The van der Waals surface area contributed by atoms with Gasteiger partial charge in [0.15, 0.2) is 11.5 Å². The van der Waals surface area contributed by atoms with Crippen LogP contribution in [0.3, 0.4) is 0 Å². The summed E-state index contributed by atoms with van der Waals surface area (Å²) in [6.07, 6.45) is 1.83. The summed E-state index contributed by atoms with van der Waals surface area (Å²) in [6.45, 7) is 2.34. The zero-order chi connectivity index (χ0) is 21.8. The first-order valence-corrected chi connectivity index (χ1v) is 10.5. The van der Waals surface area contributed by atoms with Gasteiger partial charge in [-0.15, -0.1) is 0 Å². The van der Waals surface area contributed by atoms with Gasteiger partial charge in [-0.2, -0.15) is 0 Å². The zero-order valence-corrected chi connectivity index (χ0v) is 17.6. The van der Waals surface area contributed by atoms with E-state index in [-0.39, 0.29) is 18.1 Å². The van der Waals surface area contributed by atoms with Gasteiger partial charge >= 0.3 is 0 Å². The molecule has 4 rings (SSSR count). The Kier molecular flexibility index (Phi) is 6.04. The first-order chi connectivity index (χ1) is 15.1. The van der Waals surface area contributed by atoms with E-state index in [0.717, 1.165) is 10.5 Å². The van der Waals surface area contributed by atoms with Gasteiger partial charge in [-0.05, 0) is 48.9 Å². The lowest BCUT2D eigenvalue weighted by Crippen LogP contribution is -2.02. The molecule has 0 saturated carbocycles. The Labute approximate surface area is 183 Å². The molecule has 0 bridgehead atoms. The Balaban J connectivity index is 1.57. The molecule has 31 heavy (non-hydrogen) atoms. The zero-order valence-electron chi connectivity index (χ0n) is 16.7. The lowest BCUT2D eigenvalue weighted by molar-refractivity contribution is -0.385. The van der Waals surface area contributed by atoms with Crippen LogP contribution in [0.15, 0.2) is 76.5 Å². The lowest BCUT2D eigenvalue weighted by atomic mass is 10.1. The molecule has 0 unspecified atom stereocenters. The van der Waals surface area contributed by atoms with E-state index in [4.69, 9.17) is 9.47 Å². The number of nitro benzene ring substituents is 1. The van der Waals surface area contributed by atoms with E-state index >= 15 is 0 Å². The van der Waals surface area contributed by atoms with Crippen molar-refractivity contribution in [2.24, 2.45) is 0 Å². The summed E-state index contributed by atoms with van der Waals surface area (Å²) in [6, 6.07) is 19.4. The van der Waals surface area contributed by atoms with Crippen LogP contribution in [0.5, 0.6) is 11.5 Å². The Morgan fingerprint density at radius 3 is 2.55 bits per heavy atom. The number of nitrogens with zero attached hydrogens (tertiary/aromatic N) is 1. The summed E-state index contributed by atoms with van der Waals surface area (Å²) in [7, 11) is 0. The van der Waals surface area contributed by atoms with Crippen LogP contribution in [0.4, 0.5) is 5.69 Å². The third kappa shape index (κ3) is 4.46. The Bertz CT molecular complexity index is 1190. The average Bonchev–Trinajstić information content (AvgIpc) is 3.09. The molecule has 0 spiro atoms. The number of fused-ring (bicyclic) bond motifs is 1. The van der Waals surface area contributed by atoms with Crippen LogP contribution in [-0.4, -0.2) is 17.3 Å². The summed E-state index contributed by atoms with van der Waals surface area (Å²) in [4.78, 5) is 25.0. The normalized spacial score (nSPS) is 13.8. The van der Waals surface area contributed by atoms with E-state index in [9.17, 15) is 14.9 Å². The van der Waals surface area contributed by atoms with E-state index in [1.54, 1.807) is 24.3 Å². The van der Waals surface area contributed by atoms with E-state index in [1.165, 1.54) is 17.8 Å². The van der Waals surface area contributed by atoms with Gasteiger partial charge in [0.05, 0.1) is 22.0 Å². The number of benzene rings is 3. The topological polar surface area (TPSA) is 78.7 Å². The quantitative estimate of drug-likeness (QED) is 0.262. The predicted octanol–water partition coefficient (Wildman–Crippen LogP) is 5.90. The van der Waals surface area contributed by atoms with Crippen molar-refractivity contribution in [3.63, 3.8) is 0 Å². The summed E-state index contributed by atoms with van der Waals surface area (Å²) in [5.41, 5.74) is 2.02. The highest BCUT2D eigenvalue weighted by atomic mass is 32.2. The van der Waals surface area contributed by atoms with Crippen molar-refractivity contribution in [3.8, 4) is 11.5 Å². The first kappa shape index (κ1) is 20.7. The molecule has 3 aromatic rings. The van der Waals surface area contributed by atoms with Gasteiger partial charge in [0.1, 0.15) is 6.61 Å². The highest BCUT2D eigenvalue weighted by molar-refractivity contribution is 8.04. The third-order valence-corrected chi connectivity index (χ3v) is 5.81. The van der Waals surface area contributed by atoms with Crippen LogP contribution in [0.1, 0.15) is 28.4 Å². The molecule has 1 aliphatic rings. The van der Waals surface area contributed by atoms with Gasteiger partial charge in [0.2, 0.25) is 5.78 Å². The van der Waals surface area contributed by atoms with Gasteiger partial charge < -0.3 is 9.47 Å². The van der Waals surface area contributed by atoms with Crippen LogP contribution in [0.2, 0.25) is 0 Å². The molecule has 0 fully saturated rings. The molecular weight excluding hydrogens is 414 g/mol. The van der Waals surface area contributed by atoms with Crippen LogP contribution in [0, 0.1) is 10.1 Å². The molecule has 0 N–H and O–H groups in total. The maximum Gasteiger partial charge on any atom is 0.276 e. The second-order valence-electron chi connectivity index (χ2n) is 6.75. The number of carbonyl (C=O) groups excluding carboxylic acids is 1. The van der Waals surface area contributed by atoms with Crippen molar-refractivity contribution in [3.05, 3.63) is 98.4 Å². The fourth-order valence-corrected chi connectivity index (χ4v) is 4.31. The minimum Gasteiger partial charge on any atom is -0.490 e. The van der Waals surface area contributed by atoms with E-state index in [2.05, 4.69) is 0 Å². The number of allylic oxidation sites excluding steroid dienone is 1. The number of nitro groups is 1. The molecule has 0 aromatic heterocycles. The number of ketones is 1. The van der Waals surface area contributed by atoms with Crippen molar-refractivity contribution in [2.45, 2.75) is 18.4 Å². The molecule has 1 heterocycles. The average molecular weight is 433 g/mol. The van der Waals surface area contributed by atoms with Crippen LogP contribution >= 0.6 is 11.8 Å². The highest BCUT2D eigenvalue weighted by Gasteiger charge is 2.25.